The number of guanidine groups is 1. The molecule has 1 heterocycles. The Bertz CT molecular complexity index is 1150. The van der Waals surface area contributed by atoms with Gasteiger partial charge in [0.2, 0.25) is 5.91 Å². The molecule has 2 aromatic carbocycles. The predicted molar refractivity (Wildman–Crippen MR) is 133 cm³/mol. The van der Waals surface area contributed by atoms with E-state index in [0.717, 1.165) is 50.5 Å². The second-order valence-electron chi connectivity index (χ2n) is 9.93. The molecule has 2 aliphatic carbocycles. The van der Waals surface area contributed by atoms with E-state index in [9.17, 15) is 9.59 Å². The first kappa shape index (κ1) is 22.6. The topological polar surface area (TPSA) is 87.8 Å². The number of carbonyl (C=O) groups is 2. The second kappa shape index (κ2) is 8.90. The molecule has 5 rings (SSSR count). The Morgan fingerprint density at radius 3 is 2.62 bits per heavy atom. The number of benzene rings is 2. The van der Waals surface area contributed by atoms with E-state index < -0.39 is 5.54 Å². The molecule has 0 saturated heterocycles. The first-order valence-corrected chi connectivity index (χ1v) is 12.6. The smallest absolute Gasteiger partial charge is 0.251 e. The van der Waals surface area contributed by atoms with Gasteiger partial charge in [-0.3, -0.25) is 14.5 Å². The van der Waals surface area contributed by atoms with Crippen LogP contribution in [-0.2, 0) is 17.6 Å². The Labute approximate surface area is 201 Å². The normalized spacial score (nSPS) is 23.2. The predicted octanol–water partition coefficient (Wildman–Crippen LogP) is 4.59. The maximum atomic E-state index is 13.3. The third kappa shape index (κ3) is 3.89. The van der Waals surface area contributed by atoms with Crippen molar-refractivity contribution in [3.8, 4) is 0 Å². The third-order valence-corrected chi connectivity index (χ3v) is 8.10. The number of nitrogens with one attached hydrogen (secondary N) is 1. The van der Waals surface area contributed by atoms with Gasteiger partial charge >= 0.3 is 0 Å². The number of hydrogen-bond donors (Lipinski definition) is 2. The van der Waals surface area contributed by atoms with Crippen LogP contribution in [0.25, 0.3) is 0 Å². The van der Waals surface area contributed by atoms with E-state index in [1.165, 1.54) is 16.7 Å². The number of rotatable bonds is 5. The van der Waals surface area contributed by atoms with E-state index in [0.29, 0.717) is 17.9 Å². The summed E-state index contributed by atoms with van der Waals surface area (Å²) < 4.78 is 0. The van der Waals surface area contributed by atoms with Crippen molar-refractivity contribution in [1.82, 2.24) is 10.2 Å². The SMILES string of the molecule is CCC1(CC)CC(=O)N([C@@H]2CCCc3ccc(C(=O)N[C@H]4CCc5ccccc54)cc32)C(N)=N1. The molecule has 0 radical (unpaired) electrons. The lowest BCUT2D eigenvalue weighted by Crippen LogP contribution is -2.53. The Morgan fingerprint density at radius 1 is 1.09 bits per heavy atom. The summed E-state index contributed by atoms with van der Waals surface area (Å²) in [6.45, 7) is 4.12. The molecular weight excluding hydrogens is 424 g/mol. The second-order valence-corrected chi connectivity index (χ2v) is 9.93. The monoisotopic (exact) mass is 458 g/mol. The molecule has 3 aliphatic rings. The lowest BCUT2D eigenvalue weighted by atomic mass is 9.83. The van der Waals surface area contributed by atoms with Gasteiger partial charge in [0, 0.05) is 5.56 Å². The summed E-state index contributed by atoms with van der Waals surface area (Å²) in [5.74, 6) is 0.276. The van der Waals surface area contributed by atoms with Crippen molar-refractivity contribution >= 4 is 17.8 Å². The average Bonchev–Trinajstić information content (AvgIpc) is 3.26. The molecule has 1 aliphatic heterocycles. The summed E-state index contributed by atoms with van der Waals surface area (Å²) in [7, 11) is 0. The maximum absolute atomic E-state index is 13.3. The van der Waals surface area contributed by atoms with Gasteiger partial charge in [-0.15, -0.1) is 0 Å². The molecule has 0 unspecified atom stereocenters. The fraction of sp³-hybridized carbons (Fsp3) is 0.464. The summed E-state index contributed by atoms with van der Waals surface area (Å²) in [6.07, 6.45) is 6.61. The minimum absolute atomic E-state index is 0.0338. The summed E-state index contributed by atoms with van der Waals surface area (Å²) in [6, 6.07) is 14.1. The number of amides is 2. The number of aliphatic imine (C=N–C) groups is 1. The van der Waals surface area contributed by atoms with Crippen LogP contribution < -0.4 is 11.1 Å². The number of fused-ring (bicyclic) bond motifs is 2. The van der Waals surface area contributed by atoms with Gasteiger partial charge in [0.25, 0.3) is 5.91 Å². The average molecular weight is 459 g/mol. The number of aryl methyl sites for hydroxylation is 2. The fourth-order valence-electron chi connectivity index (χ4n) is 5.95. The quantitative estimate of drug-likeness (QED) is 0.687. The third-order valence-electron chi connectivity index (χ3n) is 8.10. The minimum Gasteiger partial charge on any atom is -0.369 e. The molecule has 2 atom stereocenters. The zero-order valence-corrected chi connectivity index (χ0v) is 20.1. The Balaban J connectivity index is 1.42. The van der Waals surface area contributed by atoms with E-state index in [4.69, 9.17) is 10.7 Å². The molecule has 2 amide bonds. The van der Waals surface area contributed by atoms with Gasteiger partial charge < -0.3 is 11.1 Å². The van der Waals surface area contributed by atoms with Crippen molar-refractivity contribution in [2.75, 3.05) is 0 Å². The standard InChI is InChI=1S/C28H34N4O2/c1-3-28(4-2)17-25(33)32(27(29)31-28)24-11-7-9-19-12-13-20(16-22(19)24)26(34)30-23-15-14-18-8-5-6-10-21(18)23/h5-6,8,10,12-13,16,23-24H,3-4,7,9,11,14-15,17H2,1-2H3,(H2,29,31)(H,30,34)/t23-,24+/m0/s1. The molecular formula is C28H34N4O2. The summed E-state index contributed by atoms with van der Waals surface area (Å²) in [4.78, 5) is 33.0. The summed E-state index contributed by atoms with van der Waals surface area (Å²) >= 11 is 0. The first-order chi connectivity index (χ1) is 16.4. The number of nitrogens with zero attached hydrogens (tertiary/aromatic N) is 2. The summed E-state index contributed by atoms with van der Waals surface area (Å²) in [5.41, 5.74) is 11.4. The molecule has 2 aromatic rings. The molecule has 0 bridgehead atoms. The lowest BCUT2D eigenvalue weighted by Gasteiger charge is -2.41. The van der Waals surface area contributed by atoms with E-state index in [1.54, 1.807) is 4.90 Å². The van der Waals surface area contributed by atoms with Crippen LogP contribution in [0, 0.1) is 0 Å². The molecule has 0 saturated carbocycles. The Morgan fingerprint density at radius 2 is 1.85 bits per heavy atom. The Kier molecular flexibility index (Phi) is 5.92. The van der Waals surface area contributed by atoms with Gasteiger partial charge in [0.1, 0.15) is 0 Å². The van der Waals surface area contributed by atoms with Crippen LogP contribution in [0.3, 0.4) is 0 Å². The van der Waals surface area contributed by atoms with Crippen molar-refractivity contribution < 1.29 is 9.59 Å². The minimum atomic E-state index is -0.394. The highest BCUT2D eigenvalue weighted by Gasteiger charge is 2.41. The lowest BCUT2D eigenvalue weighted by molar-refractivity contribution is -0.131. The van der Waals surface area contributed by atoms with E-state index in [2.05, 4.69) is 37.4 Å². The Hall–Kier alpha value is -3.15. The zero-order chi connectivity index (χ0) is 23.9. The molecule has 6 nitrogen and oxygen atoms in total. The molecule has 0 spiro atoms. The van der Waals surface area contributed by atoms with Gasteiger partial charge in [0.15, 0.2) is 5.96 Å². The molecule has 34 heavy (non-hydrogen) atoms. The largest absolute Gasteiger partial charge is 0.369 e. The van der Waals surface area contributed by atoms with Crippen molar-refractivity contribution in [3.05, 3.63) is 70.3 Å². The van der Waals surface area contributed by atoms with E-state index in [-0.39, 0.29) is 23.9 Å². The summed E-state index contributed by atoms with van der Waals surface area (Å²) in [5, 5.41) is 3.23. The van der Waals surface area contributed by atoms with Crippen molar-refractivity contribution in [1.29, 1.82) is 0 Å². The zero-order valence-electron chi connectivity index (χ0n) is 20.1. The van der Waals surface area contributed by atoms with Crippen molar-refractivity contribution in [2.45, 2.75) is 82.8 Å². The van der Waals surface area contributed by atoms with Crippen LogP contribution in [0.1, 0.15) is 97.1 Å². The number of nitrogens with two attached hydrogens (primary N) is 1. The molecule has 0 fully saturated rings. The van der Waals surface area contributed by atoms with Crippen LogP contribution in [0.15, 0.2) is 47.5 Å². The van der Waals surface area contributed by atoms with Crippen LogP contribution >= 0.6 is 0 Å². The molecule has 3 N–H and O–H groups in total. The molecule has 6 heteroatoms. The van der Waals surface area contributed by atoms with Crippen LogP contribution in [0.4, 0.5) is 0 Å². The highest BCUT2D eigenvalue weighted by atomic mass is 16.2. The highest BCUT2D eigenvalue weighted by molar-refractivity contribution is 6.00. The highest BCUT2D eigenvalue weighted by Crippen LogP contribution is 2.39. The van der Waals surface area contributed by atoms with Gasteiger partial charge in [-0.1, -0.05) is 44.2 Å². The van der Waals surface area contributed by atoms with Crippen LogP contribution in [0.5, 0.6) is 0 Å². The van der Waals surface area contributed by atoms with Crippen LogP contribution in [-0.4, -0.2) is 28.2 Å². The molecule has 0 aromatic heterocycles. The first-order valence-electron chi connectivity index (χ1n) is 12.6. The van der Waals surface area contributed by atoms with Crippen LogP contribution in [0.2, 0.25) is 0 Å². The fourth-order valence-corrected chi connectivity index (χ4v) is 5.95. The van der Waals surface area contributed by atoms with Gasteiger partial charge in [0.05, 0.1) is 24.0 Å². The van der Waals surface area contributed by atoms with Gasteiger partial charge in [-0.25, -0.2) is 4.99 Å². The van der Waals surface area contributed by atoms with E-state index >= 15 is 0 Å². The molecule has 178 valence electrons. The van der Waals surface area contributed by atoms with Crippen molar-refractivity contribution in [2.24, 2.45) is 10.7 Å². The number of hydrogen-bond acceptors (Lipinski definition) is 4. The van der Waals surface area contributed by atoms with Gasteiger partial charge in [-0.2, -0.15) is 0 Å². The number of carbonyl (C=O) groups excluding carboxylic acids is 2. The van der Waals surface area contributed by atoms with E-state index in [1.807, 2.05) is 24.3 Å². The maximum Gasteiger partial charge on any atom is 0.251 e. The van der Waals surface area contributed by atoms with Crippen molar-refractivity contribution in [3.63, 3.8) is 0 Å². The van der Waals surface area contributed by atoms with Gasteiger partial charge in [-0.05, 0) is 79.3 Å².